The average Bonchev–Trinajstić information content (AvgIpc) is 3.17. The van der Waals surface area contributed by atoms with Gasteiger partial charge in [-0.25, -0.2) is 14.0 Å². The number of nitrogens with zero attached hydrogens (tertiary/aromatic N) is 4. The van der Waals surface area contributed by atoms with Crippen molar-refractivity contribution in [2.45, 2.75) is 88.8 Å². The van der Waals surface area contributed by atoms with Gasteiger partial charge in [0, 0.05) is 53.5 Å². The number of benzene rings is 2. The van der Waals surface area contributed by atoms with E-state index in [0.29, 0.717) is 6.42 Å². The Morgan fingerprint density at radius 1 is 1.08 bits per heavy atom. The van der Waals surface area contributed by atoms with Crippen LogP contribution in [0.5, 0.6) is 0 Å². The van der Waals surface area contributed by atoms with E-state index in [9.17, 15) is 31.9 Å². The van der Waals surface area contributed by atoms with E-state index in [1.54, 1.807) is 44.4 Å². The van der Waals surface area contributed by atoms with E-state index >= 15 is 0 Å². The van der Waals surface area contributed by atoms with Gasteiger partial charge in [0.15, 0.2) is 0 Å². The van der Waals surface area contributed by atoms with Crippen LogP contribution in [0.25, 0.3) is 22.0 Å². The molecule has 0 saturated carbocycles. The highest BCUT2D eigenvalue weighted by Gasteiger charge is 2.40. The standard InChI is InChI=1S/C33H38ClF4N5O4S/c1-18-14-41(15-19(2)43(18)31(46)47-32(3,4)5)29-23-13-24(33(36,37)38)26(20-8-10-21(35)11-9-20)28-27(23)42(30(45)40-29)16-22(17-48-28)39-25(44)7-6-12-34/h8-11,13,18-19,22H,6-7,12,14-17H2,1-5H3,(H,39,44)/t18-,19-,22+/m1/s1. The summed E-state index contributed by atoms with van der Waals surface area (Å²) in [4.78, 5) is 47.4. The number of carbonyl (C=O) groups is 2. The smallest absolute Gasteiger partial charge is 0.417 e. The fourth-order valence-corrected chi connectivity index (χ4v) is 7.73. The Hall–Kier alpha value is -3.52. The minimum atomic E-state index is -4.83. The summed E-state index contributed by atoms with van der Waals surface area (Å²) in [5.74, 6) is -0.383. The molecule has 1 fully saturated rings. The molecule has 0 bridgehead atoms. The van der Waals surface area contributed by atoms with E-state index in [-0.39, 0.29) is 76.3 Å². The molecule has 3 aromatic rings. The highest BCUT2D eigenvalue weighted by Crippen LogP contribution is 2.48. The highest BCUT2D eigenvalue weighted by atomic mass is 35.5. The van der Waals surface area contributed by atoms with Crippen molar-refractivity contribution in [2.24, 2.45) is 0 Å². The van der Waals surface area contributed by atoms with Gasteiger partial charge in [-0.2, -0.15) is 18.2 Å². The first-order chi connectivity index (χ1) is 22.5. The van der Waals surface area contributed by atoms with Gasteiger partial charge >= 0.3 is 18.0 Å². The number of alkyl halides is 4. The summed E-state index contributed by atoms with van der Waals surface area (Å²) in [5, 5.41) is 3.00. The summed E-state index contributed by atoms with van der Waals surface area (Å²) < 4.78 is 65.8. The van der Waals surface area contributed by atoms with Crippen LogP contribution in [0.4, 0.5) is 28.2 Å². The number of anilines is 1. The van der Waals surface area contributed by atoms with Crippen molar-refractivity contribution in [1.82, 2.24) is 19.8 Å². The Kier molecular flexibility index (Phi) is 10.3. The number of rotatable bonds is 6. The van der Waals surface area contributed by atoms with Crippen LogP contribution < -0.4 is 15.9 Å². The maximum atomic E-state index is 15.0. The molecular weight excluding hydrogens is 674 g/mol. The maximum absolute atomic E-state index is 15.0. The van der Waals surface area contributed by atoms with Gasteiger partial charge in [-0.1, -0.05) is 12.1 Å². The second kappa shape index (κ2) is 13.8. The van der Waals surface area contributed by atoms with Crippen molar-refractivity contribution < 1.29 is 31.9 Å². The van der Waals surface area contributed by atoms with Crippen LogP contribution >= 0.6 is 23.4 Å². The lowest BCUT2D eigenvalue weighted by molar-refractivity contribution is -0.137. The molecule has 0 radical (unpaired) electrons. The van der Waals surface area contributed by atoms with E-state index in [1.165, 1.54) is 16.7 Å². The maximum Gasteiger partial charge on any atom is 0.417 e. The molecule has 0 unspecified atom stereocenters. The lowest BCUT2D eigenvalue weighted by Crippen LogP contribution is -2.59. The Balaban J connectivity index is 1.69. The molecule has 1 saturated heterocycles. The SMILES string of the molecule is C[C@@H]1CN(c2nc(=O)n3c4c(c(-c5ccc(F)cc5)c(C(F)(F)F)cc24)SC[C@@H](NC(=O)CCCCl)C3)C[C@@H](C)N1C(=O)OC(C)(C)C. The third kappa shape index (κ3) is 7.54. The fraction of sp³-hybridized carbons (Fsp3) is 0.515. The molecule has 3 heterocycles. The van der Waals surface area contributed by atoms with Crippen molar-refractivity contribution in [2.75, 3.05) is 29.6 Å². The lowest BCUT2D eigenvalue weighted by atomic mass is 9.96. The normalized spacial score (nSPS) is 20.1. The molecule has 260 valence electrons. The van der Waals surface area contributed by atoms with E-state index < -0.39 is 53.1 Å². The lowest BCUT2D eigenvalue weighted by Gasteiger charge is -2.45. The van der Waals surface area contributed by atoms with Gasteiger partial charge in [0.05, 0.1) is 29.2 Å². The molecule has 0 spiro atoms. The van der Waals surface area contributed by atoms with Crippen LogP contribution in [0.2, 0.25) is 0 Å². The average molecular weight is 712 g/mol. The first-order valence-corrected chi connectivity index (χ1v) is 17.2. The zero-order valence-electron chi connectivity index (χ0n) is 27.3. The summed E-state index contributed by atoms with van der Waals surface area (Å²) in [6.07, 6.45) is -4.74. The zero-order valence-corrected chi connectivity index (χ0v) is 28.9. The Morgan fingerprint density at radius 3 is 2.31 bits per heavy atom. The number of hydrogen-bond acceptors (Lipinski definition) is 7. The van der Waals surface area contributed by atoms with Crippen LogP contribution in [-0.4, -0.2) is 74.9 Å². The van der Waals surface area contributed by atoms with Crippen LogP contribution in [0.15, 0.2) is 40.0 Å². The molecule has 1 N–H and O–H groups in total. The number of amides is 2. The third-order valence-electron chi connectivity index (χ3n) is 8.19. The number of ether oxygens (including phenoxy) is 1. The largest absolute Gasteiger partial charge is 0.444 e. The topological polar surface area (TPSA) is 96.8 Å². The van der Waals surface area contributed by atoms with Crippen LogP contribution in [0, 0.1) is 5.82 Å². The van der Waals surface area contributed by atoms with Crippen molar-refractivity contribution in [3.63, 3.8) is 0 Å². The minimum Gasteiger partial charge on any atom is -0.444 e. The van der Waals surface area contributed by atoms with Crippen LogP contribution in [-0.2, 0) is 22.3 Å². The monoisotopic (exact) mass is 711 g/mol. The Bertz CT molecular complexity index is 1750. The number of nitrogens with one attached hydrogen (secondary N) is 1. The predicted molar refractivity (Wildman–Crippen MR) is 178 cm³/mol. The molecule has 9 nitrogen and oxygen atoms in total. The van der Waals surface area contributed by atoms with Gasteiger partial charge in [0.2, 0.25) is 5.91 Å². The third-order valence-corrected chi connectivity index (χ3v) is 9.72. The number of thioether (sulfide) groups is 1. The minimum absolute atomic E-state index is 0.0251. The van der Waals surface area contributed by atoms with E-state index in [0.717, 1.165) is 30.0 Å². The number of halogens is 5. The van der Waals surface area contributed by atoms with Crippen molar-refractivity contribution in [1.29, 1.82) is 0 Å². The number of piperazine rings is 1. The highest BCUT2D eigenvalue weighted by molar-refractivity contribution is 7.99. The molecule has 2 aromatic carbocycles. The molecule has 2 aliphatic rings. The molecule has 2 aliphatic heterocycles. The summed E-state index contributed by atoms with van der Waals surface area (Å²) in [6.45, 7) is 9.22. The van der Waals surface area contributed by atoms with Gasteiger partial charge in [0.1, 0.15) is 17.2 Å². The van der Waals surface area contributed by atoms with E-state index in [2.05, 4.69) is 10.3 Å². The predicted octanol–water partition coefficient (Wildman–Crippen LogP) is 6.67. The van der Waals surface area contributed by atoms with Gasteiger partial charge in [-0.15, -0.1) is 23.4 Å². The van der Waals surface area contributed by atoms with Gasteiger partial charge < -0.3 is 15.0 Å². The number of hydrogen-bond donors (Lipinski definition) is 1. The molecule has 5 rings (SSSR count). The molecule has 2 amide bonds. The molecular formula is C33H38ClF4N5O4S. The van der Waals surface area contributed by atoms with E-state index in [4.69, 9.17) is 16.3 Å². The number of carbonyl (C=O) groups excluding carboxylic acids is 2. The van der Waals surface area contributed by atoms with Gasteiger partial charge in [-0.3, -0.25) is 14.3 Å². The summed E-state index contributed by atoms with van der Waals surface area (Å²) in [6, 6.07) is 4.28. The summed E-state index contributed by atoms with van der Waals surface area (Å²) in [7, 11) is 0. The Morgan fingerprint density at radius 2 is 1.73 bits per heavy atom. The van der Waals surface area contributed by atoms with Crippen LogP contribution in [0.1, 0.15) is 53.0 Å². The fourth-order valence-electron chi connectivity index (χ4n) is 6.31. The zero-order chi connectivity index (χ0) is 35.1. The summed E-state index contributed by atoms with van der Waals surface area (Å²) in [5.41, 5.74) is -2.20. The molecule has 0 aliphatic carbocycles. The molecule has 3 atom stereocenters. The van der Waals surface area contributed by atoms with Crippen molar-refractivity contribution in [3.8, 4) is 11.1 Å². The second-order valence-electron chi connectivity index (χ2n) is 13.2. The molecule has 48 heavy (non-hydrogen) atoms. The first kappa shape index (κ1) is 35.8. The van der Waals surface area contributed by atoms with Gasteiger partial charge in [0.25, 0.3) is 0 Å². The molecule has 1 aromatic heterocycles. The quantitative estimate of drug-likeness (QED) is 0.226. The van der Waals surface area contributed by atoms with Crippen molar-refractivity contribution in [3.05, 3.63) is 52.2 Å². The first-order valence-electron chi connectivity index (χ1n) is 15.7. The van der Waals surface area contributed by atoms with Gasteiger partial charge in [-0.05, 0) is 64.8 Å². The number of aromatic nitrogens is 2. The molecule has 15 heteroatoms. The summed E-state index contributed by atoms with van der Waals surface area (Å²) >= 11 is 6.85. The van der Waals surface area contributed by atoms with E-state index in [1.807, 2.05) is 0 Å². The second-order valence-corrected chi connectivity index (χ2v) is 14.6. The van der Waals surface area contributed by atoms with Crippen LogP contribution in [0.3, 0.4) is 0 Å². The Labute approximate surface area is 284 Å². The van der Waals surface area contributed by atoms with Crippen molar-refractivity contribution >= 4 is 52.1 Å².